The number of nitrogens with zero attached hydrogens (tertiary/aromatic N) is 1. The second-order valence-electron chi connectivity index (χ2n) is 5.95. The molecular weight excluding hydrogens is 274 g/mol. The summed E-state index contributed by atoms with van der Waals surface area (Å²) < 4.78 is 0. The topological polar surface area (TPSA) is 113 Å². The molecule has 7 heteroatoms. The number of nitrogens with one attached hydrogen (secondary N) is 1. The minimum atomic E-state index is -1.15. The SMILES string of the molecule is CC(C)CCN(C(=O)NC(CCC(N)=O)C(=O)O)C1CC1. The zero-order valence-electron chi connectivity index (χ0n) is 12.7. The van der Waals surface area contributed by atoms with Crippen molar-refractivity contribution >= 4 is 17.9 Å². The maximum atomic E-state index is 12.2. The van der Waals surface area contributed by atoms with E-state index in [0.717, 1.165) is 19.3 Å². The molecule has 0 radical (unpaired) electrons. The van der Waals surface area contributed by atoms with Gasteiger partial charge in [0.15, 0.2) is 0 Å². The van der Waals surface area contributed by atoms with Crippen LogP contribution in [0.4, 0.5) is 4.79 Å². The lowest BCUT2D eigenvalue weighted by atomic mass is 10.1. The zero-order valence-corrected chi connectivity index (χ0v) is 12.7. The maximum Gasteiger partial charge on any atom is 0.326 e. The lowest BCUT2D eigenvalue weighted by Gasteiger charge is -2.25. The molecule has 1 saturated carbocycles. The highest BCUT2D eigenvalue weighted by Gasteiger charge is 2.34. The minimum absolute atomic E-state index is 0.0130. The summed E-state index contributed by atoms with van der Waals surface area (Å²) in [6, 6.07) is -1.23. The fraction of sp³-hybridized carbons (Fsp3) is 0.786. The van der Waals surface area contributed by atoms with Crippen molar-refractivity contribution < 1.29 is 19.5 Å². The van der Waals surface area contributed by atoms with Gasteiger partial charge < -0.3 is 21.1 Å². The molecule has 120 valence electrons. The summed E-state index contributed by atoms with van der Waals surface area (Å²) in [6.45, 7) is 4.78. The standard InChI is InChI=1S/C14H25N3O4/c1-9(2)7-8-17(10-3-4-10)14(21)16-11(13(19)20)5-6-12(15)18/h9-11H,3-8H2,1-2H3,(H2,15,18)(H,16,21)(H,19,20). The summed E-state index contributed by atoms with van der Waals surface area (Å²) >= 11 is 0. The number of carbonyl (C=O) groups excluding carboxylic acids is 2. The Balaban J connectivity index is 2.56. The predicted octanol–water partition coefficient (Wildman–Crippen LogP) is 0.925. The van der Waals surface area contributed by atoms with Crippen LogP contribution in [0.3, 0.4) is 0 Å². The number of primary amides is 1. The number of amides is 3. The average molecular weight is 299 g/mol. The van der Waals surface area contributed by atoms with Gasteiger partial charge in [0.05, 0.1) is 0 Å². The first-order valence-corrected chi connectivity index (χ1v) is 7.39. The molecule has 3 amide bonds. The fourth-order valence-corrected chi connectivity index (χ4v) is 2.01. The van der Waals surface area contributed by atoms with Crippen LogP contribution in [0.25, 0.3) is 0 Å². The summed E-state index contributed by atoms with van der Waals surface area (Å²) in [7, 11) is 0. The van der Waals surface area contributed by atoms with E-state index in [1.807, 2.05) is 0 Å². The van der Waals surface area contributed by atoms with Crippen molar-refractivity contribution in [2.75, 3.05) is 6.54 Å². The van der Waals surface area contributed by atoms with E-state index in [9.17, 15) is 14.4 Å². The first-order valence-electron chi connectivity index (χ1n) is 7.39. The smallest absolute Gasteiger partial charge is 0.326 e. The molecule has 0 spiro atoms. The quantitative estimate of drug-likeness (QED) is 0.587. The second kappa shape index (κ2) is 7.85. The molecule has 1 unspecified atom stereocenters. The van der Waals surface area contributed by atoms with Crippen molar-refractivity contribution in [1.82, 2.24) is 10.2 Å². The Morgan fingerprint density at radius 1 is 1.29 bits per heavy atom. The molecule has 0 aliphatic heterocycles. The van der Waals surface area contributed by atoms with Gasteiger partial charge in [-0.2, -0.15) is 0 Å². The highest BCUT2D eigenvalue weighted by molar-refractivity contribution is 5.83. The van der Waals surface area contributed by atoms with E-state index in [-0.39, 0.29) is 24.9 Å². The Hall–Kier alpha value is -1.79. The second-order valence-corrected chi connectivity index (χ2v) is 5.95. The molecule has 7 nitrogen and oxygen atoms in total. The van der Waals surface area contributed by atoms with Gasteiger partial charge in [-0.1, -0.05) is 13.8 Å². The first-order chi connectivity index (χ1) is 9.81. The molecule has 0 aromatic heterocycles. The molecule has 1 aliphatic carbocycles. The first kappa shape index (κ1) is 17.3. The maximum absolute atomic E-state index is 12.2. The number of hydrogen-bond acceptors (Lipinski definition) is 3. The molecule has 0 aromatic rings. The number of carbonyl (C=O) groups is 3. The Morgan fingerprint density at radius 2 is 1.90 bits per heavy atom. The van der Waals surface area contributed by atoms with E-state index < -0.39 is 17.9 Å². The number of nitrogens with two attached hydrogens (primary N) is 1. The molecule has 1 aliphatic rings. The van der Waals surface area contributed by atoms with E-state index in [1.165, 1.54) is 0 Å². The summed E-state index contributed by atoms with van der Waals surface area (Å²) in [5, 5.41) is 11.6. The summed E-state index contributed by atoms with van der Waals surface area (Å²) in [6.07, 6.45) is 2.75. The highest BCUT2D eigenvalue weighted by atomic mass is 16.4. The van der Waals surface area contributed by atoms with Crippen LogP contribution in [0.15, 0.2) is 0 Å². The average Bonchev–Trinajstić information content (AvgIpc) is 3.18. The van der Waals surface area contributed by atoms with E-state index in [4.69, 9.17) is 10.8 Å². The van der Waals surface area contributed by atoms with Crippen LogP contribution in [0.2, 0.25) is 0 Å². The third kappa shape index (κ3) is 6.46. The van der Waals surface area contributed by atoms with Crippen LogP contribution in [0, 0.1) is 5.92 Å². The van der Waals surface area contributed by atoms with Crippen LogP contribution in [0.5, 0.6) is 0 Å². The van der Waals surface area contributed by atoms with Crippen molar-refractivity contribution in [3.8, 4) is 0 Å². The summed E-state index contributed by atoms with van der Waals surface area (Å²) in [5.74, 6) is -1.25. The third-order valence-corrected chi connectivity index (χ3v) is 3.47. The lowest BCUT2D eigenvalue weighted by molar-refractivity contribution is -0.139. The zero-order chi connectivity index (χ0) is 16.0. The van der Waals surface area contributed by atoms with Crippen molar-refractivity contribution in [2.24, 2.45) is 11.7 Å². The van der Waals surface area contributed by atoms with Crippen LogP contribution in [-0.2, 0) is 9.59 Å². The van der Waals surface area contributed by atoms with E-state index in [0.29, 0.717) is 12.5 Å². The third-order valence-electron chi connectivity index (χ3n) is 3.47. The van der Waals surface area contributed by atoms with Gasteiger partial charge in [-0.15, -0.1) is 0 Å². The number of aliphatic carboxylic acids is 1. The van der Waals surface area contributed by atoms with Crippen LogP contribution < -0.4 is 11.1 Å². The Morgan fingerprint density at radius 3 is 2.33 bits per heavy atom. The number of carboxylic acid groups (broad SMARTS) is 1. The Kier molecular flexibility index (Phi) is 6.45. The molecular formula is C14H25N3O4. The largest absolute Gasteiger partial charge is 0.480 e. The van der Waals surface area contributed by atoms with Gasteiger partial charge in [0.25, 0.3) is 0 Å². The lowest BCUT2D eigenvalue weighted by Crippen LogP contribution is -2.49. The molecule has 0 heterocycles. The van der Waals surface area contributed by atoms with Gasteiger partial charge >= 0.3 is 12.0 Å². The van der Waals surface area contributed by atoms with Crippen LogP contribution in [0.1, 0.15) is 46.0 Å². The molecule has 1 atom stereocenters. The Bertz CT molecular complexity index is 394. The number of carboxylic acids is 1. The van der Waals surface area contributed by atoms with Gasteiger partial charge in [-0.25, -0.2) is 9.59 Å². The molecule has 0 saturated heterocycles. The van der Waals surface area contributed by atoms with Gasteiger partial charge in [0.1, 0.15) is 6.04 Å². The van der Waals surface area contributed by atoms with Crippen LogP contribution in [-0.4, -0.2) is 46.5 Å². The Labute approximate surface area is 124 Å². The molecule has 21 heavy (non-hydrogen) atoms. The van der Waals surface area contributed by atoms with Gasteiger partial charge in [0.2, 0.25) is 5.91 Å². The molecule has 1 fully saturated rings. The number of rotatable bonds is 9. The summed E-state index contributed by atoms with van der Waals surface area (Å²) in [4.78, 5) is 35.8. The number of hydrogen-bond donors (Lipinski definition) is 3. The molecule has 4 N–H and O–H groups in total. The van der Waals surface area contributed by atoms with Crippen molar-refractivity contribution in [3.63, 3.8) is 0 Å². The molecule has 0 aromatic carbocycles. The normalized spacial score (nSPS) is 15.6. The predicted molar refractivity (Wildman–Crippen MR) is 77.6 cm³/mol. The van der Waals surface area contributed by atoms with E-state index >= 15 is 0 Å². The van der Waals surface area contributed by atoms with Gasteiger partial charge in [-0.3, -0.25) is 4.79 Å². The molecule has 0 bridgehead atoms. The van der Waals surface area contributed by atoms with Crippen LogP contribution >= 0.6 is 0 Å². The van der Waals surface area contributed by atoms with Crippen molar-refractivity contribution in [2.45, 2.75) is 58.0 Å². The van der Waals surface area contributed by atoms with Crippen molar-refractivity contribution in [1.29, 1.82) is 0 Å². The monoisotopic (exact) mass is 299 g/mol. The highest BCUT2D eigenvalue weighted by Crippen LogP contribution is 2.27. The summed E-state index contributed by atoms with van der Waals surface area (Å²) in [5.41, 5.74) is 5.02. The van der Waals surface area contributed by atoms with E-state index in [2.05, 4.69) is 19.2 Å². The van der Waals surface area contributed by atoms with E-state index in [1.54, 1.807) is 4.90 Å². The van der Waals surface area contributed by atoms with Gasteiger partial charge in [0, 0.05) is 19.0 Å². The molecule has 1 rings (SSSR count). The number of urea groups is 1. The van der Waals surface area contributed by atoms with Crippen molar-refractivity contribution in [3.05, 3.63) is 0 Å². The fourth-order valence-electron chi connectivity index (χ4n) is 2.01. The van der Waals surface area contributed by atoms with Gasteiger partial charge in [-0.05, 0) is 31.6 Å². The minimum Gasteiger partial charge on any atom is -0.480 e.